The van der Waals surface area contributed by atoms with Crippen molar-refractivity contribution in [2.75, 3.05) is 0 Å². The summed E-state index contributed by atoms with van der Waals surface area (Å²) in [5.41, 5.74) is 2.30. The molecule has 6 nitrogen and oxygen atoms in total. The van der Waals surface area contributed by atoms with Gasteiger partial charge >= 0.3 is 11.9 Å². The monoisotopic (exact) mass is 440 g/mol. The van der Waals surface area contributed by atoms with Crippen molar-refractivity contribution in [1.29, 1.82) is 0 Å². The number of nitrogens with zero attached hydrogens (tertiary/aromatic N) is 2. The van der Waals surface area contributed by atoms with E-state index in [0.29, 0.717) is 5.69 Å². The first-order valence-corrected chi connectivity index (χ1v) is 10.6. The van der Waals surface area contributed by atoms with Gasteiger partial charge in [-0.3, -0.25) is 4.79 Å². The lowest BCUT2D eigenvalue weighted by molar-refractivity contribution is -0.149. The first kappa shape index (κ1) is 22.0. The van der Waals surface area contributed by atoms with Crippen LogP contribution in [-0.4, -0.2) is 21.7 Å². The van der Waals surface area contributed by atoms with Crippen LogP contribution >= 0.6 is 0 Å². The smallest absolute Gasteiger partial charge is 0.329 e. The highest BCUT2D eigenvalue weighted by molar-refractivity contribution is 5.67. The lowest BCUT2D eigenvalue weighted by Crippen LogP contribution is -2.39. The molecule has 1 heterocycles. The second-order valence-electron chi connectivity index (χ2n) is 7.64. The molecule has 0 aliphatic heterocycles. The molecule has 0 saturated carbocycles. The van der Waals surface area contributed by atoms with Crippen molar-refractivity contribution in [3.8, 4) is 0 Å². The molecule has 6 heteroatoms. The molecule has 0 spiro atoms. The van der Waals surface area contributed by atoms with Crippen LogP contribution in [0.25, 0.3) is 0 Å². The Hall–Kier alpha value is -4.19. The van der Waals surface area contributed by atoms with Crippen LogP contribution in [0.4, 0.5) is 0 Å². The molecular formula is C27H24N2O4. The summed E-state index contributed by atoms with van der Waals surface area (Å²) < 4.78 is 7.25. The van der Waals surface area contributed by atoms with E-state index in [2.05, 4.69) is 4.98 Å². The lowest BCUT2D eigenvalue weighted by Gasteiger charge is -2.41. The van der Waals surface area contributed by atoms with Crippen LogP contribution in [0.5, 0.6) is 0 Å². The SMILES string of the molecule is CC(=O)OC(c1cn(OC(C)=O)cn1)C(c1ccccc1)(c1ccccc1)c1ccccc1. The van der Waals surface area contributed by atoms with Gasteiger partial charge in [0.25, 0.3) is 0 Å². The lowest BCUT2D eigenvalue weighted by atomic mass is 9.65. The van der Waals surface area contributed by atoms with Crippen molar-refractivity contribution >= 4 is 11.9 Å². The van der Waals surface area contributed by atoms with Crippen molar-refractivity contribution in [2.24, 2.45) is 0 Å². The van der Waals surface area contributed by atoms with E-state index in [1.165, 1.54) is 24.9 Å². The molecule has 0 fully saturated rings. The summed E-state index contributed by atoms with van der Waals surface area (Å²) >= 11 is 0. The van der Waals surface area contributed by atoms with Crippen molar-refractivity contribution in [2.45, 2.75) is 25.4 Å². The maximum Gasteiger partial charge on any atom is 0.329 e. The Kier molecular flexibility index (Phi) is 6.36. The van der Waals surface area contributed by atoms with E-state index in [9.17, 15) is 9.59 Å². The minimum atomic E-state index is -0.926. The number of carbonyl (C=O) groups is 2. The topological polar surface area (TPSA) is 70.4 Å². The van der Waals surface area contributed by atoms with E-state index < -0.39 is 23.5 Å². The summed E-state index contributed by atoms with van der Waals surface area (Å²) in [5.74, 6) is -0.933. The van der Waals surface area contributed by atoms with Gasteiger partial charge < -0.3 is 9.57 Å². The van der Waals surface area contributed by atoms with Gasteiger partial charge in [-0.1, -0.05) is 91.0 Å². The fourth-order valence-electron chi connectivity index (χ4n) is 4.25. The van der Waals surface area contributed by atoms with E-state index in [0.717, 1.165) is 16.7 Å². The maximum absolute atomic E-state index is 12.4. The van der Waals surface area contributed by atoms with Crippen LogP contribution < -0.4 is 4.84 Å². The minimum Gasteiger partial charge on any atom is -0.454 e. The number of rotatable bonds is 7. The molecule has 0 N–H and O–H groups in total. The number of imidazole rings is 1. The highest BCUT2D eigenvalue weighted by Crippen LogP contribution is 2.49. The summed E-state index contributed by atoms with van der Waals surface area (Å²) in [4.78, 5) is 33.5. The molecule has 4 rings (SSSR count). The minimum absolute atomic E-state index is 0.447. The van der Waals surface area contributed by atoms with E-state index in [1.807, 2.05) is 91.0 Å². The van der Waals surface area contributed by atoms with E-state index in [1.54, 1.807) is 6.20 Å². The largest absolute Gasteiger partial charge is 0.454 e. The second-order valence-corrected chi connectivity index (χ2v) is 7.64. The normalized spacial score (nSPS) is 12.1. The number of carbonyl (C=O) groups excluding carboxylic acids is 2. The van der Waals surface area contributed by atoms with Crippen molar-refractivity contribution < 1.29 is 19.2 Å². The predicted molar refractivity (Wildman–Crippen MR) is 123 cm³/mol. The first-order valence-electron chi connectivity index (χ1n) is 10.6. The summed E-state index contributed by atoms with van der Waals surface area (Å²) in [6.45, 7) is 2.69. The molecule has 0 saturated heterocycles. The van der Waals surface area contributed by atoms with Gasteiger partial charge in [0.05, 0.1) is 11.6 Å². The van der Waals surface area contributed by atoms with E-state index in [-0.39, 0.29) is 0 Å². The molecule has 0 aliphatic rings. The zero-order chi connectivity index (χ0) is 23.3. The molecule has 33 heavy (non-hydrogen) atoms. The number of esters is 1. The first-order chi connectivity index (χ1) is 16.0. The number of hydrogen-bond acceptors (Lipinski definition) is 5. The fourth-order valence-corrected chi connectivity index (χ4v) is 4.25. The second kappa shape index (κ2) is 9.53. The van der Waals surface area contributed by atoms with Gasteiger partial charge in [-0.2, -0.15) is 4.73 Å². The number of hydrogen-bond donors (Lipinski definition) is 0. The van der Waals surface area contributed by atoms with E-state index in [4.69, 9.17) is 9.57 Å². The molecule has 1 aromatic heterocycles. The third kappa shape index (κ3) is 4.41. The standard InChI is InChI=1S/C27H24N2O4/c1-20(30)32-26(25-18-29(19-28-25)33-21(2)31)27(22-12-6-3-7-13-22,23-14-8-4-9-15-23)24-16-10-5-11-17-24/h3-19,26H,1-2H3. The fraction of sp³-hybridized carbons (Fsp3) is 0.148. The third-order valence-corrected chi connectivity index (χ3v) is 5.45. The number of aromatic nitrogens is 2. The van der Waals surface area contributed by atoms with Crippen LogP contribution in [0.15, 0.2) is 104 Å². The average molecular weight is 440 g/mol. The molecule has 1 unspecified atom stereocenters. The van der Waals surface area contributed by atoms with Crippen LogP contribution in [0.3, 0.4) is 0 Å². The molecule has 1 atom stereocenters. The Bertz CT molecular complexity index is 1120. The molecular weight excluding hydrogens is 416 g/mol. The van der Waals surface area contributed by atoms with Crippen LogP contribution in [0, 0.1) is 0 Å². The van der Waals surface area contributed by atoms with Crippen molar-refractivity contribution in [1.82, 2.24) is 9.71 Å². The van der Waals surface area contributed by atoms with Gasteiger partial charge in [-0.05, 0) is 16.7 Å². The predicted octanol–water partition coefficient (Wildman–Crippen LogP) is 4.50. The molecule has 0 amide bonds. The summed E-state index contributed by atoms with van der Waals surface area (Å²) in [6, 6.07) is 29.7. The zero-order valence-electron chi connectivity index (χ0n) is 18.4. The molecule has 3 aromatic carbocycles. The average Bonchev–Trinajstić information content (AvgIpc) is 3.28. The molecule has 166 valence electrons. The Morgan fingerprint density at radius 2 is 1.21 bits per heavy atom. The molecule has 4 aromatic rings. The van der Waals surface area contributed by atoms with Gasteiger partial charge in [0, 0.05) is 13.8 Å². The van der Waals surface area contributed by atoms with Gasteiger partial charge in [-0.15, -0.1) is 0 Å². The zero-order valence-corrected chi connectivity index (χ0v) is 18.4. The summed E-state index contributed by atoms with van der Waals surface area (Å²) in [7, 11) is 0. The number of benzene rings is 3. The van der Waals surface area contributed by atoms with Crippen LogP contribution in [0.2, 0.25) is 0 Å². The van der Waals surface area contributed by atoms with Gasteiger partial charge in [0.1, 0.15) is 12.0 Å². The van der Waals surface area contributed by atoms with Gasteiger partial charge in [0.2, 0.25) is 0 Å². The molecule has 0 aliphatic carbocycles. The highest BCUT2D eigenvalue weighted by atomic mass is 16.7. The quantitative estimate of drug-likeness (QED) is 0.313. The van der Waals surface area contributed by atoms with Crippen molar-refractivity contribution in [3.05, 3.63) is 126 Å². The van der Waals surface area contributed by atoms with Crippen molar-refractivity contribution in [3.63, 3.8) is 0 Å². The Morgan fingerprint density at radius 1 is 0.758 bits per heavy atom. The highest BCUT2D eigenvalue weighted by Gasteiger charge is 2.48. The Balaban J connectivity index is 2.05. The summed E-state index contributed by atoms with van der Waals surface area (Å²) in [5, 5.41) is 0. The van der Waals surface area contributed by atoms with Gasteiger partial charge in [0.15, 0.2) is 6.10 Å². The van der Waals surface area contributed by atoms with Crippen LogP contribution in [0.1, 0.15) is 42.3 Å². The van der Waals surface area contributed by atoms with Gasteiger partial charge in [-0.25, -0.2) is 9.78 Å². The third-order valence-electron chi connectivity index (χ3n) is 5.45. The van der Waals surface area contributed by atoms with E-state index >= 15 is 0 Å². The van der Waals surface area contributed by atoms with Crippen LogP contribution in [-0.2, 0) is 19.7 Å². The summed E-state index contributed by atoms with van der Waals surface area (Å²) in [6.07, 6.45) is 2.11. The molecule has 0 radical (unpaired) electrons. The Labute approximate surface area is 192 Å². The maximum atomic E-state index is 12.4. The number of ether oxygens (including phenoxy) is 1. The molecule has 0 bridgehead atoms. The Morgan fingerprint density at radius 3 is 1.61 bits per heavy atom.